The largest absolute Gasteiger partial charge is 0.330 e. The average Bonchev–Trinajstić information content (AvgIpc) is 3.08. The molecule has 7 nitrogen and oxygen atoms in total. The number of aromatic nitrogens is 5. The van der Waals surface area contributed by atoms with Crippen molar-refractivity contribution in [3.8, 4) is 5.95 Å². The SMILES string of the molecule is Cc1cc(C)nc(-n2nnc3c2CCN(C(=O)c2cccc(C)c2Cl)C3C)n1. The van der Waals surface area contributed by atoms with Crippen molar-refractivity contribution >= 4 is 17.5 Å². The van der Waals surface area contributed by atoms with Crippen LogP contribution >= 0.6 is 11.6 Å². The molecule has 0 spiro atoms. The quantitative estimate of drug-likeness (QED) is 0.663. The Bertz CT molecular complexity index is 1060. The maximum Gasteiger partial charge on any atom is 0.255 e. The average molecular weight is 397 g/mol. The maximum absolute atomic E-state index is 13.1. The summed E-state index contributed by atoms with van der Waals surface area (Å²) >= 11 is 6.37. The van der Waals surface area contributed by atoms with E-state index < -0.39 is 0 Å². The lowest BCUT2D eigenvalue weighted by atomic mass is 10.0. The van der Waals surface area contributed by atoms with E-state index in [1.165, 1.54) is 0 Å². The van der Waals surface area contributed by atoms with Crippen molar-refractivity contribution in [3.63, 3.8) is 0 Å². The summed E-state index contributed by atoms with van der Waals surface area (Å²) in [5, 5.41) is 9.12. The molecule has 0 radical (unpaired) electrons. The molecular weight excluding hydrogens is 376 g/mol. The fraction of sp³-hybridized carbons (Fsp3) is 0.350. The van der Waals surface area contributed by atoms with Gasteiger partial charge in [0.15, 0.2) is 0 Å². The van der Waals surface area contributed by atoms with Gasteiger partial charge in [0.1, 0.15) is 5.69 Å². The summed E-state index contributed by atoms with van der Waals surface area (Å²) in [4.78, 5) is 23.9. The summed E-state index contributed by atoms with van der Waals surface area (Å²) in [6, 6.07) is 7.21. The van der Waals surface area contributed by atoms with Crippen molar-refractivity contribution in [1.29, 1.82) is 0 Å². The molecule has 4 rings (SSSR count). The number of fused-ring (bicyclic) bond motifs is 1. The van der Waals surface area contributed by atoms with Gasteiger partial charge in [0, 0.05) is 24.4 Å². The molecule has 3 heterocycles. The molecule has 1 aliphatic heterocycles. The van der Waals surface area contributed by atoms with Crippen molar-refractivity contribution in [2.45, 2.75) is 40.2 Å². The van der Waals surface area contributed by atoms with Crippen LogP contribution in [0.4, 0.5) is 0 Å². The van der Waals surface area contributed by atoms with Crippen molar-refractivity contribution < 1.29 is 4.79 Å². The standard InChI is InChI=1S/C20H21ClN6O/c1-11-6-5-7-15(17(11)21)19(28)26-9-8-16-18(14(26)4)24-25-27(16)20-22-12(2)10-13(3)23-20/h5-7,10,14H,8-9H2,1-4H3. The van der Waals surface area contributed by atoms with Gasteiger partial charge in [-0.25, -0.2) is 9.97 Å². The lowest BCUT2D eigenvalue weighted by Crippen LogP contribution is -2.39. The fourth-order valence-corrected chi connectivity index (χ4v) is 3.85. The van der Waals surface area contributed by atoms with Gasteiger partial charge in [-0.05, 0) is 45.4 Å². The Morgan fingerprint density at radius 2 is 1.89 bits per heavy atom. The van der Waals surface area contributed by atoms with Crippen LogP contribution in [0.5, 0.6) is 0 Å². The first kappa shape index (κ1) is 18.6. The van der Waals surface area contributed by atoms with Crippen molar-refractivity contribution in [1.82, 2.24) is 29.9 Å². The molecule has 0 saturated heterocycles. The van der Waals surface area contributed by atoms with E-state index in [0.717, 1.165) is 28.3 Å². The molecule has 3 aromatic rings. The van der Waals surface area contributed by atoms with Gasteiger partial charge < -0.3 is 4.90 Å². The monoisotopic (exact) mass is 396 g/mol. The molecular formula is C20H21ClN6O. The normalized spacial score (nSPS) is 16.2. The van der Waals surface area contributed by atoms with Crippen LogP contribution in [0.25, 0.3) is 5.95 Å². The van der Waals surface area contributed by atoms with Gasteiger partial charge in [-0.15, -0.1) is 5.10 Å². The number of aryl methyl sites for hydroxylation is 3. The van der Waals surface area contributed by atoms with Gasteiger partial charge in [-0.3, -0.25) is 4.79 Å². The smallest absolute Gasteiger partial charge is 0.255 e. The second-order valence-electron chi connectivity index (χ2n) is 7.14. The summed E-state index contributed by atoms with van der Waals surface area (Å²) in [6.07, 6.45) is 0.623. The zero-order valence-electron chi connectivity index (χ0n) is 16.3. The minimum absolute atomic E-state index is 0.0935. The molecule has 0 aliphatic carbocycles. The van der Waals surface area contributed by atoms with Crippen molar-refractivity contribution in [3.05, 3.63) is 63.2 Å². The number of halogens is 1. The highest BCUT2D eigenvalue weighted by atomic mass is 35.5. The van der Waals surface area contributed by atoms with Crippen molar-refractivity contribution in [2.24, 2.45) is 0 Å². The molecule has 28 heavy (non-hydrogen) atoms. The van der Waals surface area contributed by atoms with E-state index in [0.29, 0.717) is 29.5 Å². The minimum atomic E-state index is -0.215. The van der Waals surface area contributed by atoms with Gasteiger partial charge >= 0.3 is 0 Å². The Morgan fingerprint density at radius 3 is 2.61 bits per heavy atom. The van der Waals surface area contributed by atoms with Gasteiger partial charge in [-0.2, -0.15) is 4.68 Å². The Kier molecular flexibility index (Phi) is 4.63. The van der Waals surface area contributed by atoms with Crippen LogP contribution in [0.2, 0.25) is 5.02 Å². The third kappa shape index (κ3) is 3.05. The molecule has 0 bridgehead atoms. The number of hydrogen-bond acceptors (Lipinski definition) is 5. The molecule has 0 fully saturated rings. The summed E-state index contributed by atoms with van der Waals surface area (Å²) < 4.78 is 1.69. The molecule has 0 saturated carbocycles. The zero-order chi connectivity index (χ0) is 20.0. The third-order valence-corrected chi connectivity index (χ3v) is 5.59. The third-order valence-electron chi connectivity index (χ3n) is 5.09. The molecule has 1 aromatic carbocycles. The van der Waals surface area contributed by atoms with Gasteiger partial charge in [0.25, 0.3) is 11.9 Å². The number of carbonyl (C=O) groups excluding carboxylic acids is 1. The minimum Gasteiger partial charge on any atom is -0.330 e. The van der Waals surface area contributed by atoms with Crippen LogP contribution in [0.3, 0.4) is 0 Å². The number of hydrogen-bond donors (Lipinski definition) is 0. The highest BCUT2D eigenvalue weighted by molar-refractivity contribution is 6.34. The Labute approximate surface area is 168 Å². The van der Waals surface area contributed by atoms with E-state index in [1.54, 1.807) is 15.6 Å². The van der Waals surface area contributed by atoms with Gasteiger partial charge in [0.05, 0.1) is 22.3 Å². The molecule has 1 aliphatic rings. The van der Waals surface area contributed by atoms with E-state index in [9.17, 15) is 4.79 Å². The predicted octanol–water partition coefficient (Wildman–Crippen LogP) is 3.40. The molecule has 8 heteroatoms. The Hall–Kier alpha value is -2.80. The highest BCUT2D eigenvalue weighted by Gasteiger charge is 2.34. The van der Waals surface area contributed by atoms with E-state index in [2.05, 4.69) is 20.3 Å². The van der Waals surface area contributed by atoms with E-state index in [1.807, 2.05) is 45.9 Å². The first-order chi connectivity index (χ1) is 13.4. The van der Waals surface area contributed by atoms with E-state index in [-0.39, 0.29) is 11.9 Å². The van der Waals surface area contributed by atoms with Crippen LogP contribution in [0, 0.1) is 20.8 Å². The lowest BCUT2D eigenvalue weighted by molar-refractivity contribution is 0.0672. The van der Waals surface area contributed by atoms with Crippen LogP contribution in [-0.2, 0) is 6.42 Å². The van der Waals surface area contributed by atoms with Crippen molar-refractivity contribution in [2.75, 3.05) is 6.54 Å². The second kappa shape index (κ2) is 6.98. The van der Waals surface area contributed by atoms with Crippen LogP contribution in [-0.4, -0.2) is 42.3 Å². The topological polar surface area (TPSA) is 76.8 Å². The van der Waals surface area contributed by atoms with Gasteiger partial charge in [0.2, 0.25) is 0 Å². The first-order valence-corrected chi connectivity index (χ1v) is 9.58. The van der Waals surface area contributed by atoms with Crippen LogP contribution < -0.4 is 0 Å². The highest BCUT2D eigenvalue weighted by Crippen LogP contribution is 2.31. The summed E-state index contributed by atoms with van der Waals surface area (Å²) in [5.41, 5.74) is 4.86. The summed E-state index contributed by atoms with van der Waals surface area (Å²) in [6.45, 7) is 8.26. The zero-order valence-corrected chi connectivity index (χ0v) is 17.0. The molecule has 0 N–H and O–H groups in total. The molecule has 2 aromatic heterocycles. The molecule has 1 amide bonds. The predicted molar refractivity (Wildman–Crippen MR) is 106 cm³/mol. The number of nitrogens with zero attached hydrogens (tertiary/aromatic N) is 6. The summed E-state index contributed by atoms with van der Waals surface area (Å²) in [7, 11) is 0. The van der Waals surface area contributed by atoms with Crippen LogP contribution in [0.1, 0.15) is 51.7 Å². The number of benzene rings is 1. The first-order valence-electron chi connectivity index (χ1n) is 9.20. The Balaban J connectivity index is 1.68. The molecule has 1 unspecified atom stereocenters. The number of rotatable bonds is 2. The number of carbonyl (C=O) groups is 1. The van der Waals surface area contributed by atoms with E-state index in [4.69, 9.17) is 11.6 Å². The second-order valence-corrected chi connectivity index (χ2v) is 7.52. The summed E-state index contributed by atoms with van der Waals surface area (Å²) in [5.74, 6) is 0.420. The number of amides is 1. The van der Waals surface area contributed by atoms with E-state index >= 15 is 0 Å². The fourth-order valence-electron chi connectivity index (χ4n) is 3.65. The molecule has 144 valence electrons. The Morgan fingerprint density at radius 1 is 1.18 bits per heavy atom. The lowest BCUT2D eigenvalue weighted by Gasteiger charge is -2.32. The van der Waals surface area contributed by atoms with Crippen LogP contribution in [0.15, 0.2) is 24.3 Å². The molecule has 1 atom stereocenters. The maximum atomic E-state index is 13.1. The van der Waals surface area contributed by atoms with Gasteiger partial charge in [-0.1, -0.05) is 28.9 Å².